The second-order valence-corrected chi connectivity index (χ2v) is 7.96. The second-order valence-electron chi connectivity index (χ2n) is 7.96. The summed E-state index contributed by atoms with van der Waals surface area (Å²) in [5.41, 5.74) is 1.35. The molecule has 7 nitrogen and oxygen atoms in total. The molecule has 0 radical (unpaired) electrons. The number of carbonyl (C=O) groups excluding carboxylic acids is 2. The van der Waals surface area contributed by atoms with Crippen molar-refractivity contribution >= 4 is 17.3 Å². The summed E-state index contributed by atoms with van der Waals surface area (Å²) >= 11 is 0. The van der Waals surface area contributed by atoms with Gasteiger partial charge in [0.2, 0.25) is 5.91 Å². The van der Waals surface area contributed by atoms with Gasteiger partial charge in [0.25, 0.3) is 5.91 Å². The first kappa shape index (κ1) is 16.7. The summed E-state index contributed by atoms with van der Waals surface area (Å²) in [6, 6.07) is 5.76. The number of aromatic nitrogens is 2. The molecule has 0 bridgehead atoms. The average molecular weight is 368 g/mol. The number of rotatable bonds is 4. The minimum atomic E-state index is -0.00644. The highest BCUT2D eigenvalue weighted by atomic mass is 16.5. The van der Waals surface area contributed by atoms with Crippen molar-refractivity contribution in [1.82, 2.24) is 19.2 Å². The van der Waals surface area contributed by atoms with Crippen molar-refractivity contribution in [2.75, 3.05) is 32.8 Å². The van der Waals surface area contributed by atoms with E-state index in [4.69, 9.17) is 4.74 Å². The van der Waals surface area contributed by atoms with E-state index in [0.29, 0.717) is 30.2 Å². The van der Waals surface area contributed by atoms with E-state index in [-0.39, 0.29) is 18.4 Å². The van der Waals surface area contributed by atoms with Crippen LogP contribution in [0.4, 0.5) is 0 Å². The first-order valence-corrected chi connectivity index (χ1v) is 9.79. The summed E-state index contributed by atoms with van der Waals surface area (Å²) in [4.78, 5) is 33.6. The third-order valence-electron chi connectivity index (χ3n) is 6.05. The number of hydrogen-bond acceptors (Lipinski definition) is 4. The maximum absolute atomic E-state index is 13.0. The van der Waals surface area contributed by atoms with Crippen LogP contribution in [0, 0.1) is 11.8 Å². The van der Waals surface area contributed by atoms with Gasteiger partial charge in [0.05, 0.1) is 11.6 Å². The Morgan fingerprint density at radius 2 is 1.89 bits per heavy atom. The Balaban J connectivity index is 1.24. The number of amides is 2. The Kier molecular flexibility index (Phi) is 4.11. The van der Waals surface area contributed by atoms with Crippen LogP contribution in [0.25, 0.3) is 5.52 Å². The van der Waals surface area contributed by atoms with E-state index in [1.807, 2.05) is 38.6 Å². The van der Waals surface area contributed by atoms with Crippen LogP contribution in [-0.4, -0.2) is 69.9 Å². The first-order valence-electron chi connectivity index (χ1n) is 9.79. The number of likely N-dealkylation sites (tertiary alicyclic amines) is 2. The van der Waals surface area contributed by atoms with Gasteiger partial charge >= 0.3 is 0 Å². The Hall–Kier alpha value is -2.41. The molecule has 0 unspecified atom stereocenters. The normalized spacial score (nSPS) is 25.0. The monoisotopic (exact) mass is 368 g/mol. The predicted molar refractivity (Wildman–Crippen MR) is 98.2 cm³/mol. The number of fused-ring (bicyclic) bond motifs is 2. The van der Waals surface area contributed by atoms with E-state index in [1.54, 1.807) is 6.33 Å². The molecule has 2 amide bonds. The number of carbonyl (C=O) groups is 2. The van der Waals surface area contributed by atoms with Gasteiger partial charge in [-0.15, -0.1) is 0 Å². The van der Waals surface area contributed by atoms with Gasteiger partial charge in [0.15, 0.2) is 5.69 Å². The summed E-state index contributed by atoms with van der Waals surface area (Å²) in [5, 5.41) is 0. The van der Waals surface area contributed by atoms with E-state index in [1.165, 1.54) is 0 Å². The molecule has 1 saturated carbocycles. The van der Waals surface area contributed by atoms with Crippen molar-refractivity contribution in [1.29, 1.82) is 0 Å². The van der Waals surface area contributed by atoms with Gasteiger partial charge in [-0.2, -0.15) is 0 Å². The highest BCUT2D eigenvalue weighted by Gasteiger charge is 2.40. The molecule has 5 rings (SSSR count). The average Bonchev–Trinajstić information content (AvgIpc) is 3.27. The van der Waals surface area contributed by atoms with E-state index >= 15 is 0 Å². The number of imidazole rings is 1. The zero-order valence-electron chi connectivity index (χ0n) is 15.3. The predicted octanol–water partition coefficient (Wildman–Crippen LogP) is 1.43. The van der Waals surface area contributed by atoms with E-state index in [0.717, 1.165) is 44.4 Å². The molecule has 27 heavy (non-hydrogen) atoms. The molecule has 142 valence electrons. The minimum absolute atomic E-state index is 0.00644. The molecule has 0 spiro atoms. The van der Waals surface area contributed by atoms with Crippen LogP contribution in [0.5, 0.6) is 0 Å². The molecular formula is C20H24N4O3. The lowest BCUT2D eigenvalue weighted by Crippen LogP contribution is -2.45. The van der Waals surface area contributed by atoms with Gasteiger partial charge in [-0.05, 0) is 43.2 Å². The van der Waals surface area contributed by atoms with Crippen LogP contribution in [0.3, 0.4) is 0 Å². The van der Waals surface area contributed by atoms with Gasteiger partial charge in [-0.25, -0.2) is 4.98 Å². The maximum atomic E-state index is 13.0. The van der Waals surface area contributed by atoms with Crippen molar-refractivity contribution in [3.63, 3.8) is 0 Å². The number of ether oxygens (including phenoxy) is 1. The quantitative estimate of drug-likeness (QED) is 0.819. The van der Waals surface area contributed by atoms with Crippen LogP contribution < -0.4 is 0 Å². The fourth-order valence-electron chi connectivity index (χ4n) is 4.33. The zero-order valence-corrected chi connectivity index (χ0v) is 15.3. The molecule has 2 saturated heterocycles. The standard InChI is InChI=1S/C20H24N4O3/c25-18(12-27-16-4-5-16)22-8-6-14-9-24(11-15(14)10-22)20(26)19-17-3-1-2-7-23(17)13-21-19/h1-3,7,13-16H,4-6,8-12H2/t14-,15+/m1/s1. The number of hydrogen-bond donors (Lipinski definition) is 0. The molecule has 1 aliphatic carbocycles. The van der Waals surface area contributed by atoms with Crippen LogP contribution in [-0.2, 0) is 9.53 Å². The third kappa shape index (κ3) is 3.20. The van der Waals surface area contributed by atoms with Crippen molar-refractivity contribution in [3.8, 4) is 0 Å². The summed E-state index contributed by atoms with van der Waals surface area (Å²) < 4.78 is 7.43. The van der Waals surface area contributed by atoms with Gasteiger partial charge in [-0.3, -0.25) is 9.59 Å². The fraction of sp³-hybridized carbons (Fsp3) is 0.550. The van der Waals surface area contributed by atoms with Gasteiger partial charge < -0.3 is 18.9 Å². The molecule has 3 aliphatic rings. The fourth-order valence-corrected chi connectivity index (χ4v) is 4.33. The SMILES string of the molecule is O=C(COC1CC1)N1CC[C@@H]2CN(C(=O)c3ncn4ccccc34)C[C@@H]2C1. The van der Waals surface area contributed by atoms with Crippen LogP contribution in [0.2, 0.25) is 0 Å². The number of pyridine rings is 1. The van der Waals surface area contributed by atoms with Crippen molar-refractivity contribution in [3.05, 3.63) is 36.4 Å². The van der Waals surface area contributed by atoms with Crippen molar-refractivity contribution in [2.24, 2.45) is 11.8 Å². The lowest BCUT2D eigenvalue weighted by Gasteiger charge is -2.34. The number of nitrogens with zero attached hydrogens (tertiary/aromatic N) is 4. The maximum Gasteiger partial charge on any atom is 0.274 e. The molecule has 0 aromatic carbocycles. The highest BCUT2D eigenvalue weighted by molar-refractivity contribution is 5.99. The molecule has 2 aromatic rings. The first-order chi connectivity index (χ1) is 13.2. The Labute approximate surface area is 157 Å². The third-order valence-corrected chi connectivity index (χ3v) is 6.05. The minimum Gasteiger partial charge on any atom is -0.368 e. The summed E-state index contributed by atoms with van der Waals surface area (Å²) in [6.07, 6.45) is 7.00. The molecule has 4 heterocycles. The molecular weight excluding hydrogens is 344 g/mol. The summed E-state index contributed by atoms with van der Waals surface area (Å²) in [7, 11) is 0. The smallest absolute Gasteiger partial charge is 0.274 e. The lowest BCUT2D eigenvalue weighted by molar-refractivity contribution is -0.138. The molecule has 2 atom stereocenters. The molecule has 0 N–H and O–H groups in total. The second kappa shape index (κ2) is 6.64. The van der Waals surface area contributed by atoms with Gasteiger partial charge in [0.1, 0.15) is 12.9 Å². The van der Waals surface area contributed by atoms with Gasteiger partial charge in [-0.1, -0.05) is 6.07 Å². The van der Waals surface area contributed by atoms with Crippen molar-refractivity contribution in [2.45, 2.75) is 25.4 Å². The zero-order chi connectivity index (χ0) is 18.4. The molecule has 2 aliphatic heterocycles. The van der Waals surface area contributed by atoms with E-state index < -0.39 is 0 Å². The Bertz CT molecular complexity index is 875. The van der Waals surface area contributed by atoms with E-state index in [2.05, 4.69) is 4.98 Å². The van der Waals surface area contributed by atoms with Gasteiger partial charge in [0, 0.05) is 32.4 Å². The summed E-state index contributed by atoms with van der Waals surface area (Å²) in [5.74, 6) is 0.899. The number of piperidine rings is 1. The molecule has 3 fully saturated rings. The van der Waals surface area contributed by atoms with E-state index in [9.17, 15) is 9.59 Å². The molecule has 7 heteroatoms. The van der Waals surface area contributed by atoms with Crippen LogP contribution in [0.1, 0.15) is 29.8 Å². The topological polar surface area (TPSA) is 67.2 Å². The largest absolute Gasteiger partial charge is 0.368 e. The Morgan fingerprint density at radius 1 is 1.07 bits per heavy atom. The lowest BCUT2D eigenvalue weighted by atomic mass is 9.89. The van der Waals surface area contributed by atoms with Crippen LogP contribution in [0.15, 0.2) is 30.7 Å². The van der Waals surface area contributed by atoms with Crippen molar-refractivity contribution < 1.29 is 14.3 Å². The highest BCUT2D eigenvalue weighted by Crippen LogP contribution is 2.32. The van der Waals surface area contributed by atoms with Crippen LogP contribution >= 0.6 is 0 Å². The Morgan fingerprint density at radius 3 is 2.74 bits per heavy atom. The molecule has 2 aromatic heterocycles. The summed E-state index contributed by atoms with van der Waals surface area (Å²) in [6.45, 7) is 3.15.